The summed E-state index contributed by atoms with van der Waals surface area (Å²) in [5.74, 6) is -0.947. The third-order valence-electron chi connectivity index (χ3n) is 3.15. The monoisotopic (exact) mass is 271 g/mol. The summed E-state index contributed by atoms with van der Waals surface area (Å²) in [6.45, 7) is 4.15. The average molecular weight is 271 g/mol. The highest BCUT2D eigenvalue weighted by Crippen LogP contribution is 2.31. The zero-order chi connectivity index (χ0) is 14.1. The van der Waals surface area contributed by atoms with Crippen LogP contribution in [0.4, 0.5) is 5.95 Å². The first kappa shape index (κ1) is 13.9. The molecule has 8 heteroatoms. The van der Waals surface area contributed by atoms with Crippen molar-refractivity contribution in [2.45, 2.75) is 26.2 Å². The Hall–Kier alpha value is -1.51. The minimum absolute atomic E-state index is 0.182. The van der Waals surface area contributed by atoms with Gasteiger partial charge in [-0.1, -0.05) is 4.98 Å². The third kappa shape index (κ3) is 2.91. The van der Waals surface area contributed by atoms with Crippen LogP contribution in [0.1, 0.15) is 13.8 Å². The van der Waals surface area contributed by atoms with Crippen LogP contribution in [-0.4, -0.2) is 45.2 Å². The number of hydrogen-bond donors (Lipinski definition) is 1. The molecular formula is C11H17N3O5. The number of imidazole rings is 1. The van der Waals surface area contributed by atoms with Crippen LogP contribution in [0, 0.1) is 15.5 Å². The van der Waals surface area contributed by atoms with Crippen LogP contribution in [0.15, 0.2) is 12.4 Å². The van der Waals surface area contributed by atoms with Gasteiger partial charge in [-0.25, -0.2) is 4.57 Å². The fraction of sp³-hybridized carbons (Fsp3) is 0.727. The summed E-state index contributed by atoms with van der Waals surface area (Å²) < 4.78 is 12.5. The number of ether oxygens (including phenoxy) is 2. The topological polar surface area (TPSA) is 99.7 Å². The van der Waals surface area contributed by atoms with Gasteiger partial charge >= 0.3 is 5.95 Å². The zero-order valence-corrected chi connectivity index (χ0v) is 10.9. The lowest BCUT2D eigenvalue weighted by Crippen LogP contribution is -2.50. The Morgan fingerprint density at radius 1 is 1.53 bits per heavy atom. The van der Waals surface area contributed by atoms with E-state index in [4.69, 9.17) is 9.47 Å². The Kier molecular flexibility index (Phi) is 3.57. The van der Waals surface area contributed by atoms with Gasteiger partial charge in [-0.3, -0.25) is 0 Å². The molecule has 0 bridgehead atoms. The van der Waals surface area contributed by atoms with E-state index in [1.807, 2.05) is 0 Å². The molecule has 1 N–H and O–H groups in total. The summed E-state index contributed by atoms with van der Waals surface area (Å²) >= 11 is 0. The number of aromatic nitrogens is 2. The van der Waals surface area contributed by atoms with Crippen molar-refractivity contribution in [3.8, 4) is 0 Å². The SMILES string of the molecule is CC1(C)OCC(CO)(Cn2ccnc2[N+](=O)[O-])CO1. The van der Waals surface area contributed by atoms with Crippen molar-refractivity contribution < 1.29 is 19.5 Å². The van der Waals surface area contributed by atoms with Gasteiger partial charge in [0.15, 0.2) is 5.79 Å². The third-order valence-corrected chi connectivity index (χ3v) is 3.15. The van der Waals surface area contributed by atoms with Crippen molar-refractivity contribution >= 4 is 5.95 Å². The van der Waals surface area contributed by atoms with Gasteiger partial charge in [0.05, 0.1) is 31.8 Å². The van der Waals surface area contributed by atoms with Gasteiger partial charge in [0.25, 0.3) is 0 Å². The molecular weight excluding hydrogens is 254 g/mol. The predicted octanol–water partition coefficient (Wildman–Crippen LogP) is 0.553. The standard InChI is InChI=1S/C11H17N3O5/c1-10(2)18-7-11(6-15,8-19-10)5-13-4-3-12-9(13)14(16)17/h3-4,15H,5-8H2,1-2H3. The van der Waals surface area contributed by atoms with Gasteiger partial charge in [0, 0.05) is 0 Å². The molecule has 106 valence electrons. The zero-order valence-electron chi connectivity index (χ0n) is 10.9. The van der Waals surface area contributed by atoms with Gasteiger partial charge in [-0.15, -0.1) is 0 Å². The van der Waals surface area contributed by atoms with Gasteiger partial charge in [-0.05, 0) is 18.8 Å². The molecule has 0 unspecified atom stereocenters. The number of nitro groups is 1. The van der Waals surface area contributed by atoms with E-state index in [0.29, 0.717) is 0 Å². The largest absolute Gasteiger partial charge is 0.434 e. The van der Waals surface area contributed by atoms with Crippen molar-refractivity contribution in [3.63, 3.8) is 0 Å². The molecule has 1 aliphatic heterocycles. The molecule has 1 fully saturated rings. The van der Waals surface area contributed by atoms with E-state index in [0.717, 1.165) is 0 Å². The fourth-order valence-corrected chi connectivity index (χ4v) is 1.93. The number of aliphatic hydroxyl groups excluding tert-OH is 1. The van der Waals surface area contributed by atoms with Crippen molar-refractivity contribution in [3.05, 3.63) is 22.5 Å². The molecule has 0 aliphatic carbocycles. The maximum Gasteiger partial charge on any atom is 0.434 e. The maximum atomic E-state index is 10.8. The smallest absolute Gasteiger partial charge is 0.395 e. The molecule has 0 aromatic carbocycles. The number of aliphatic hydroxyl groups is 1. The first-order valence-corrected chi connectivity index (χ1v) is 5.92. The van der Waals surface area contributed by atoms with Crippen LogP contribution < -0.4 is 0 Å². The van der Waals surface area contributed by atoms with Crippen LogP contribution in [0.5, 0.6) is 0 Å². The van der Waals surface area contributed by atoms with Gasteiger partial charge in [-0.2, -0.15) is 0 Å². The summed E-state index contributed by atoms with van der Waals surface area (Å²) in [6.07, 6.45) is 2.87. The molecule has 1 aromatic heterocycles. The van der Waals surface area contributed by atoms with Crippen LogP contribution >= 0.6 is 0 Å². The number of rotatable bonds is 4. The highest BCUT2D eigenvalue weighted by molar-refractivity contribution is 5.07. The molecule has 19 heavy (non-hydrogen) atoms. The molecule has 8 nitrogen and oxygen atoms in total. The molecule has 1 aromatic rings. The summed E-state index contributed by atoms with van der Waals surface area (Å²) in [5, 5.41) is 20.4. The van der Waals surface area contributed by atoms with Gasteiger partial charge in [0.1, 0.15) is 12.4 Å². The Morgan fingerprint density at radius 2 is 2.16 bits per heavy atom. The maximum absolute atomic E-state index is 10.8. The summed E-state index contributed by atoms with van der Waals surface area (Å²) in [4.78, 5) is 13.9. The average Bonchev–Trinajstić information content (AvgIpc) is 2.80. The molecule has 2 heterocycles. The van der Waals surface area contributed by atoms with E-state index in [1.165, 1.54) is 17.0 Å². The second kappa shape index (κ2) is 4.87. The summed E-state index contributed by atoms with van der Waals surface area (Å²) in [7, 11) is 0. The lowest BCUT2D eigenvalue weighted by Gasteiger charge is -2.41. The van der Waals surface area contributed by atoms with Crippen LogP contribution in [0.3, 0.4) is 0 Å². The lowest BCUT2D eigenvalue weighted by atomic mass is 9.89. The lowest BCUT2D eigenvalue weighted by molar-refractivity contribution is -0.397. The Labute approximate surface area is 110 Å². The van der Waals surface area contributed by atoms with Gasteiger partial charge < -0.3 is 24.7 Å². The molecule has 0 spiro atoms. The fourth-order valence-electron chi connectivity index (χ4n) is 1.93. The van der Waals surface area contributed by atoms with Crippen LogP contribution in [-0.2, 0) is 16.0 Å². The number of nitrogens with zero attached hydrogens (tertiary/aromatic N) is 3. The Morgan fingerprint density at radius 3 is 2.68 bits per heavy atom. The first-order valence-electron chi connectivity index (χ1n) is 5.92. The van der Waals surface area contributed by atoms with E-state index in [2.05, 4.69) is 4.98 Å². The van der Waals surface area contributed by atoms with Crippen LogP contribution in [0.25, 0.3) is 0 Å². The normalized spacial score (nSPS) is 21.2. The second-order valence-corrected chi connectivity index (χ2v) is 5.25. The second-order valence-electron chi connectivity index (χ2n) is 5.25. The Balaban J connectivity index is 2.15. The van der Waals surface area contributed by atoms with E-state index in [1.54, 1.807) is 13.8 Å². The van der Waals surface area contributed by atoms with E-state index in [9.17, 15) is 15.2 Å². The molecule has 2 rings (SSSR count). The summed E-state index contributed by atoms with van der Waals surface area (Å²) in [6, 6.07) is 0. The minimum Gasteiger partial charge on any atom is -0.395 e. The predicted molar refractivity (Wildman–Crippen MR) is 64.4 cm³/mol. The number of hydrogen-bond acceptors (Lipinski definition) is 6. The molecule has 0 amide bonds. The van der Waals surface area contributed by atoms with Crippen molar-refractivity contribution in [1.82, 2.24) is 9.55 Å². The molecule has 0 saturated carbocycles. The van der Waals surface area contributed by atoms with E-state index < -0.39 is 16.1 Å². The molecule has 0 radical (unpaired) electrons. The first-order chi connectivity index (χ1) is 8.87. The minimum atomic E-state index is -0.695. The van der Waals surface area contributed by atoms with Crippen molar-refractivity contribution in [2.75, 3.05) is 19.8 Å². The van der Waals surface area contributed by atoms with Gasteiger partial charge in [0.2, 0.25) is 0 Å². The van der Waals surface area contributed by atoms with Crippen molar-refractivity contribution in [2.24, 2.45) is 5.41 Å². The molecule has 1 aliphatic rings. The van der Waals surface area contributed by atoms with E-state index >= 15 is 0 Å². The molecule has 1 saturated heterocycles. The highest BCUT2D eigenvalue weighted by atomic mass is 16.7. The Bertz CT molecular complexity index is 461. The quantitative estimate of drug-likeness (QED) is 0.634. The van der Waals surface area contributed by atoms with Crippen molar-refractivity contribution in [1.29, 1.82) is 0 Å². The van der Waals surface area contributed by atoms with E-state index in [-0.39, 0.29) is 32.3 Å². The van der Waals surface area contributed by atoms with Crippen LogP contribution in [0.2, 0.25) is 0 Å². The highest BCUT2D eigenvalue weighted by Gasteiger charge is 2.42. The summed E-state index contributed by atoms with van der Waals surface area (Å²) in [5.41, 5.74) is -0.693. The molecule has 0 atom stereocenters.